The standard InChI is InChI=1S/C15H28N2O3/c1-14(2,8-9-16)7-4-12(18)17-11-15(5-3-6-15)10-13(19)20/h3-11,16H2,1-2H3,(H,17,18)(H,19,20). The molecule has 1 aliphatic rings. The van der Waals surface area contributed by atoms with Crippen molar-refractivity contribution in [2.75, 3.05) is 13.1 Å². The minimum atomic E-state index is -0.775. The molecule has 4 N–H and O–H groups in total. The van der Waals surface area contributed by atoms with Crippen LogP contribution in [0.5, 0.6) is 0 Å². The second-order valence-corrected chi connectivity index (χ2v) is 6.90. The Balaban J connectivity index is 2.30. The Hall–Kier alpha value is -1.10. The summed E-state index contributed by atoms with van der Waals surface area (Å²) in [4.78, 5) is 22.7. The van der Waals surface area contributed by atoms with Crippen molar-refractivity contribution < 1.29 is 14.7 Å². The highest BCUT2D eigenvalue weighted by molar-refractivity contribution is 5.76. The summed E-state index contributed by atoms with van der Waals surface area (Å²) in [7, 11) is 0. The molecule has 0 aromatic rings. The molecule has 20 heavy (non-hydrogen) atoms. The van der Waals surface area contributed by atoms with Gasteiger partial charge >= 0.3 is 5.97 Å². The van der Waals surface area contributed by atoms with Crippen molar-refractivity contribution >= 4 is 11.9 Å². The smallest absolute Gasteiger partial charge is 0.303 e. The Morgan fingerprint density at radius 2 is 1.95 bits per heavy atom. The summed E-state index contributed by atoms with van der Waals surface area (Å²) in [5.74, 6) is -0.755. The summed E-state index contributed by atoms with van der Waals surface area (Å²) in [5, 5.41) is 11.8. The number of carboxylic acids is 1. The molecular weight excluding hydrogens is 256 g/mol. The fraction of sp³-hybridized carbons (Fsp3) is 0.867. The molecule has 1 saturated carbocycles. The van der Waals surface area contributed by atoms with E-state index >= 15 is 0 Å². The van der Waals surface area contributed by atoms with Crippen LogP contribution in [0.4, 0.5) is 0 Å². The molecule has 0 atom stereocenters. The number of hydrogen-bond acceptors (Lipinski definition) is 3. The van der Waals surface area contributed by atoms with Crippen molar-refractivity contribution in [3.05, 3.63) is 0 Å². The number of amides is 1. The second kappa shape index (κ2) is 7.07. The maximum absolute atomic E-state index is 11.9. The molecule has 0 saturated heterocycles. The van der Waals surface area contributed by atoms with Gasteiger partial charge in [-0.1, -0.05) is 20.3 Å². The van der Waals surface area contributed by atoms with Crippen molar-refractivity contribution in [3.8, 4) is 0 Å². The van der Waals surface area contributed by atoms with Crippen molar-refractivity contribution in [2.45, 2.75) is 58.8 Å². The molecule has 1 rings (SSSR count). The predicted molar refractivity (Wildman–Crippen MR) is 78.2 cm³/mol. The fourth-order valence-electron chi connectivity index (χ4n) is 2.76. The minimum Gasteiger partial charge on any atom is -0.481 e. The van der Waals surface area contributed by atoms with Crippen molar-refractivity contribution in [2.24, 2.45) is 16.6 Å². The molecular formula is C15H28N2O3. The summed E-state index contributed by atoms with van der Waals surface area (Å²) in [6.45, 7) is 5.36. The van der Waals surface area contributed by atoms with Gasteiger partial charge < -0.3 is 16.2 Å². The highest BCUT2D eigenvalue weighted by Crippen LogP contribution is 2.43. The van der Waals surface area contributed by atoms with Crippen molar-refractivity contribution in [1.29, 1.82) is 0 Å². The van der Waals surface area contributed by atoms with Gasteiger partial charge in [0.2, 0.25) is 5.91 Å². The highest BCUT2D eigenvalue weighted by Gasteiger charge is 2.39. The van der Waals surface area contributed by atoms with Crippen LogP contribution in [-0.4, -0.2) is 30.1 Å². The molecule has 0 aromatic heterocycles. The summed E-state index contributed by atoms with van der Waals surface area (Å²) in [6, 6.07) is 0. The number of nitrogens with one attached hydrogen (secondary N) is 1. The number of rotatable bonds is 9. The van der Waals surface area contributed by atoms with E-state index in [1.807, 2.05) is 0 Å². The molecule has 1 fully saturated rings. The van der Waals surface area contributed by atoms with Crippen LogP contribution in [0, 0.1) is 10.8 Å². The van der Waals surface area contributed by atoms with E-state index in [0.717, 1.165) is 32.1 Å². The summed E-state index contributed by atoms with van der Waals surface area (Å²) >= 11 is 0. The van der Waals surface area contributed by atoms with E-state index < -0.39 is 5.97 Å². The summed E-state index contributed by atoms with van der Waals surface area (Å²) < 4.78 is 0. The Kier molecular flexibility index (Phi) is 5.99. The van der Waals surface area contributed by atoms with Crippen molar-refractivity contribution in [1.82, 2.24) is 5.32 Å². The van der Waals surface area contributed by atoms with E-state index in [0.29, 0.717) is 19.5 Å². The Morgan fingerprint density at radius 1 is 1.30 bits per heavy atom. The maximum atomic E-state index is 11.9. The number of hydrogen-bond donors (Lipinski definition) is 3. The molecule has 1 aliphatic carbocycles. The first-order chi connectivity index (χ1) is 9.29. The highest BCUT2D eigenvalue weighted by atomic mass is 16.4. The Morgan fingerprint density at radius 3 is 2.40 bits per heavy atom. The number of carbonyl (C=O) groups excluding carboxylic acids is 1. The zero-order valence-electron chi connectivity index (χ0n) is 12.7. The van der Waals surface area contributed by atoms with Gasteiger partial charge in [-0.15, -0.1) is 0 Å². The third-order valence-corrected chi connectivity index (χ3v) is 4.45. The largest absolute Gasteiger partial charge is 0.481 e. The lowest BCUT2D eigenvalue weighted by molar-refractivity contribution is -0.141. The summed E-state index contributed by atoms with van der Waals surface area (Å²) in [6.07, 6.45) is 5.22. The Bertz CT molecular complexity index is 349. The molecule has 0 heterocycles. The second-order valence-electron chi connectivity index (χ2n) is 6.90. The molecule has 116 valence electrons. The lowest BCUT2D eigenvalue weighted by atomic mass is 9.66. The number of carboxylic acid groups (broad SMARTS) is 1. The van der Waals surface area contributed by atoms with Gasteiger partial charge in [0.15, 0.2) is 0 Å². The first-order valence-corrected chi connectivity index (χ1v) is 7.47. The number of carbonyl (C=O) groups is 2. The van der Waals surface area contributed by atoms with Crippen LogP contribution in [0.2, 0.25) is 0 Å². The van der Waals surface area contributed by atoms with Crippen LogP contribution >= 0.6 is 0 Å². The summed E-state index contributed by atoms with van der Waals surface area (Å²) in [5.41, 5.74) is 5.44. The molecule has 0 spiro atoms. The van der Waals surface area contributed by atoms with Gasteiger partial charge in [-0.25, -0.2) is 0 Å². The normalized spacial score (nSPS) is 17.4. The fourth-order valence-corrected chi connectivity index (χ4v) is 2.76. The van der Waals surface area contributed by atoms with E-state index in [-0.39, 0.29) is 23.2 Å². The quantitative estimate of drug-likeness (QED) is 0.603. The van der Waals surface area contributed by atoms with E-state index in [1.165, 1.54) is 0 Å². The van der Waals surface area contributed by atoms with Crippen LogP contribution < -0.4 is 11.1 Å². The monoisotopic (exact) mass is 284 g/mol. The SMILES string of the molecule is CC(C)(CCN)CCC(=O)NCC1(CC(=O)O)CCC1. The zero-order valence-corrected chi connectivity index (χ0v) is 12.7. The van der Waals surface area contributed by atoms with Gasteiger partial charge in [-0.05, 0) is 43.1 Å². The maximum Gasteiger partial charge on any atom is 0.303 e. The third-order valence-electron chi connectivity index (χ3n) is 4.45. The van der Waals surface area contributed by atoms with Crippen LogP contribution in [0.1, 0.15) is 58.8 Å². The minimum absolute atomic E-state index is 0.0201. The topological polar surface area (TPSA) is 92.4 Å². The molecule has 0 radical (unpaired) electrons. The van der Waals surface area contributed by atoms with E-state index in [1.54, 1.807) is 0 Å². The molecule has 5 heteroatoms. The van der Waals surface area contributed by atoms with Gasteiger partial charge in [0.05, 0.1) is 6.42 Å². The average Bonchev–Trinajstić information content (AvgIpc) is 2.29. The first-order valence-electron chi connectivity index (χ1n) is 7.47. The average molecular weight is 284 g/mol. The van der Waals surface area contributed by atoms with Crippen LogP contribution in [0.15, 0.2) is 0 Å². The predicted octanol–water partition coefficient (Wildman–Crippen LogP) is 1.90. The van der Waals surface area contributed by atoms with Gasteiger partial charge in [0.1, 0.15) is 0 Å². The van der Waals surface area contributed by atoms with Gasteiger partial charge in [-0.3, -0.25) is 9.59 Å². The van der Waals surface area contributed by atoms with Crippen LogP contribution in [0.25, 0.3) is 0 Å². The van der Waals surface area contributed by atoms with Gasteiger partial charge in [0, 0.05) is 13.0 Å². The number of nitrogens with two attached hydrogens (primary N) is 1. The van der Waals surface area contributed by atoms with Crippen LogP contribution in [0.3, 0.4) is 0 Å². The molecule has 1 amide bonds. The number of aliphatic carboxylic acids is 1. The third kappa shape index (κ3) is 5.49. The van der Waals surface area contributed by atoms with E-state index in [2.05, 4.69) is 19.2 Å². The van der Waals surface area contributed by atoms with E-state index in [4.69, 9.17) is 10.8 Å². The molecule has 5 nitrogen and oxygen atoms in total. The Labute approximate surface area is 121 Å². The van der Waals surface area contributed by atoms with Gasteiger partial charge in [0.25, 0.3) is 0 Å². The lowest BCUT2D eigenvalue weighted by Gasteiger charge is -2.40. The first kappa shape index (κ1) is 17.0. The zero-order chi connectivity index (χ0) is 15.2. The van der Waals surface area contributed by atoms with Gasteiger partial charge in [-0.2, -0.15) is 0 Å². The van der Waals surface area contributed by atoms with E-state index in [9.17, 15) is 9.59 Å². The molecule has 0 aromatic carbocycles. The molecule has 0 bridgehead atoms. The molecule has 0 aliphatic heterocycles. The lowest BCUT2D eigenvalue weighted by Crippen LogP contribution is -2.43. The van der Waals surface area contributed by atoms with Crippen molar-refractivity contribution in [3.63, 3.8) is 0 Å². The van der Waals surface area contributed by atoms with Crippen LogP contribution in [-0.2, 0) is 9.59 Å². The molecule has 0 unspecified atom stereocenters.